The molecule has 3 rings (SSSR count). The Labute approximate surface area is 154 Å². The number of ether oxygens (including phenoxy) is 2. The van der Waals surface area contributed by atoms with Gasteiger partial charge in [0.1, 0.15) is 5.52 Å². The van der Waals surface area contributed by atoms with Crippen molar-refractivity contribution in [1.82, 2.24) is 4.98 Å². The minimum absolute atomic E-state index is 0.252. The number of carbonyl (C=O) groups is 1. The second kappa shape index (κ2) is 7.74. The van der Waals surface area contributed by atoms with Crippen LogP contribution >= 0.6 is 11.6 Å². The molecule has 0 bridgehead atoms. The second-order valence-electron chi connectivity index (χ2n) is 5.74. The molecule has 5 nitrogen and oxygen atoms in total. The van der Waals surface area contributed by atoms with Gasteiger partial charge >= 0.3 is 5.97 Å². The fourth-order valence-corrected chi connectivity index (χ4v) is 2.95. The Morgan fingerprint density at radius 1 is 1.31 bits per heavy atom. The smallest absolute Gasteiger partial charge is 0.338 e. The number of carbonyl (C=O) groups excluding carboxylic acids is 1. The Kier molecular flexibility index (Phi) is 5.42. The van der Waals surface area contributed by atoms with Crippen LogP contribution in [0.1, 0.15) is 27.7 Å². The van der Waals surface area contributed by atoms with Crippen LogP contribution in [-0.2, 0) is 11.2 Å². The Bertz CT molecular complexity index is 940. The number of oxazole rings is 1. The highest BCUT2D eigenvalue weighted by molar-refractivity contribution is 6.30. The minimum Gasteiger partial charge on any atom is -0.493 e. The number of aromatic nitrogens is 1. The molecular weight excluding hydrogens is 361 g/mol. The number of fused-ring (bicyclic) bond motifs is 1. The van der Waals surface area contributed by atoms with E-state index in [0.29, 0.717) is 33.3 Å². The zero-order valence-corrected chi connectivity index (χ0v) is 15.0. The average molecular weight is 378 g/mol. The molecule has 136 valence electrons. The van der Waals surface area contributed by atoms with E-state index in [1.807, 2.05) is 6.07 Å². The highest BCUT2D eigenvalue weighted by atomic mass is 35.5. The van der Waals surface area contributed by atoms with Gasteiger partial charge in [0.2, 0.25) is 0 Å². The second-order valence-corrected chi connectivity index (χ2v) is 6.17. The molecule has 0 saturated heterocycles. The van der Waals surface area contributed by atoms with E-state index in [2.05, 4.69) is 4.98 Å². The molecule has 1 unspecified atom stereocenters. The molecule has 1 heterocycles. The number of esters is 1. The molecule has 0 radical (unpaired) electrons. The first-order valence-corrected chi connectivity index (χ1v) is 8.30. The van der Waals surface area contributed by atoms with Gasteiger partial charge in [-0.15, -0.1) is 0 Å². The normalized spacial score (nSPS) is 12.2. The van der Waals surface area contributed by atoms with E-state index in [4.69, 9.17) is 25.5 Å². The summed E-state index contributed by atoms with van der Waals surface area (Å²) in [6.45, 7) is -0.580. The highest BCUT2D eigenvalue weighted by Gasteiger charge is 2.20. The van der Waals surface area contributed by atoms with Crippen molar-refractivity contribution in [2.45, 2.75) is 12.3 Å². The number of hydrogen-bond acceptors (Lipinski definition) is 5. The van der Waals surface area contributed by atoms with Crippen LogP contribution in [0.25, 0.3) is 11.1 Å². The van der Waals surface area contributed by atoms with Gasteiger partial charge in [-0.25, -0.2) is 9.78 Å². The minimum atomic E-state index is -0.580. The molecule has 0 aliphatic heterocycles. The Hall–Kier alpha value is -2.60. The topological polar surface area (TPSA) is 61.6 Å². The summed E-state index contributed by atoms with van der Waals surface area (Å²) in [4.78, 5) is 16.2. The van der Waals surface area contributed by atoms with Gasteiger partial charge in [0.05, 0.1) is 26.5 Å². The van der Waals surface area contributed by atoms with E-state index in [1.165, 1.54) is 20.3 Å². The van der Waals surface area contributed by atoms with E-state index < -0.39 is 18.6 Å². The van der Waals surface area contributed by atoms with Crippen molar-refractivity contribution in [3.05, 3.63) is 58.4 Å². The third kappa shape index (κ3) is 3.65. The van der Waals surface area contributed by atoms with E-state index in [-0.39, 0.29) is 6.42 Å². The van der Waals surface area contributed by atoms with Gasteiger partial charge in [-0.3, -0.25) is 4.39 Å². The fourth-order valence-electron chi connectivity index (χ4n) is 2.76. The van der Waals surface area contributed by atoms with Crippen molar-refractivity contribution < 1.29 is 23.1 Å². The molecule has 0 saturated carbocycles. The van der Waals surface area contributed by atoms with E-state index in [1.54, 1.807) is 24.3 Å². The van der Waals surface area contributed by atoms with Gasteiger partial charge in [0, 0.05) is 17.4 Å². The maximum Gasteiger partial charge on any atom is 0.338 e. The summed E-state index contributed by atoms with van der Waals surface area (Å²) in [6, 6.07) is 10.1. The monoisotopic (exact) mass is 377 g/mol. The summed E-state index contributed by atoms with van der Waals surface area (Å²) in [5.74, 6) is -0.229. The number of alkyl halides is 1. The Morgan fingerprint density at radius 3 is 2.77 bits per heavy atom. The predicted octanol–water partition coefficient (Wildman–Crippen LogP) is 4.57. The largest absolute Gasteiger partial charge is 0.493 e. The van der Waals surface area contributed by atoms with Crippen LogP contribution in [0, 0.1) is 0 Å². The van der Waals surface area contributed by atoms with Crippen molar-refractivity contribution >= 4 is 28.7 Å². The Balaban J connectivity index is 1.96. The summed E-state index contributed by atoms with van der Waals surface area (Å²) in [6.07, 6.45) is 0.252. The molecule has 2 aromatic carbocycles. The van der Waals surface area contributed by atoms with E-state index in [9.17, 15) is 9.18 Å². The van der Waals surface area contributed by atoms with Crippen LogP contribution in [-0.4, -0.2) is 31.8 Å². The predicted molar refractivity (Wildman–Crippen MR) is 95.8 cm³/mol. The van der Waals surface area contributed by atoms with Crippen molar-refractivity contribution in [2.24, 2.45) is 0 Å². The van der Waals surface area contributed by atoms with Gasteiger partial charge in [-0.05, 0) is 29.8 Å². The van der Waals surface area contributed by atoms with Gasteiger partial charge in [-0.1, -0.05) is 23.7 Å². The lowest BCUT2D eigenvalue weighted by molar-refractivity contribution is 0.0600. The SMILES string of the molecule is COC(=O)c1cc(OC)c2oc(CC(CF)c3cccc(Cl)c3)nc2c1. The summed E-state index contributed by atoms with van der Waals surface area (Å²) < 4.78 is 29.3. The number of methoxy groups -OCH3 is 2. The van der Waals surface area contributed by atoms with Crippen LogP contribution in [0.15, 0.2) is 40.8 Å². The summed E-state index contributed by atoms with van der Waals surface area (Å²) >= 11 is 5.99. The lowest BCUT2D eigenvalue weighted by Crippen LogP contribution is -2.05. The van der Waals surface area contributed by atoms with Gasteiger partial charge in [0.25, 0.3) is 0 Å². The zero-order valence-electron chi connectivity index (χ0n) is 14.3. The van der Waals surface area contributed by atoms with Crippen LogP contribution in [0.4, 0.5) is 4.39 Å². The quantitative estimate of drug-likeness (QED) is 0.589. The van der Waals surface area contributed by atoms with Crippen molar-refractivity contribution in [3.8, 4) is 5.75 Å². The summed E-state index contributed by atoms with van der Waals surface area (Å²) in [5, 5.41) is 0.544. The number of hydrogen-bond donors (Lipinski definition) is 0. The van der Waals surface area contributed by atoms with Crippen LogP contribution in [0.5, 0.6) is 5.75 Å². The third-order valence-electron chi connectivity index (χ3n) is 4.07. The van der Waals surface area contributed by atoms with Crippen LogP contribution < -0.4 is 4.74 Å². The zero-order chi connectivity index (χ0) is 18.7. The standard InChI is InChI=1S/C19H17ClFNO4/c1-24-16-8-12(19(23)25-2)7-15-18(16)26-17(22-15)9-13(10-21)11-4-3-5-14(20)6-11/h3-8,13H,9-10H2,1-2H3. The number of nitrogens with zero attached hydrogens (tertiary/aromatic N) is 1. The van der Waals surface area contributed by atoms with Crippen molar-refractivity contribution in [2.75, 3.05) is 20.9 Å². The fraction of sp³-hybridized carbons (Fsp3) is 0.263. The first-order chi connectivity index (χ1) is 12.5. The van der Waals surface area contributed by atoms with Crippen molar-refractivity contribution in [1.29, 1.82) is 0 Å². The molecule has 1 atom stereocenters. The lowest BCUT2D eigenvalue weighted by Gasteiger charge is -2.11. The maximum atomic E-state index is 13.6. The number of benzene rings is 2. The molecule has 3 aromatic rings. The highest BCUT2D eigenvalue weighted by Crippen LogP contribution is 2.31. The van der Waals surface area contributed by atoms with Gasteiger partial charge in [0.15, 0.2) is 17.2 Å². The summed E-state index contributed by atoms with van der Waals surface area (Å²) in [5.41, 5.74) is 1.92. The van der Waals surface area contributed by atoms with Crippen LogP contribution in [0.2, 0.25) is 5.02 Å². The molecule has 0 amide bonds. The molecule has 26 heavy (non-hydrogen) atoms. The molecule has 0 aliphatic carbocycles. The molecule has 0 N–H and O–H groups in total. The number of rotatable bonds is 6. The first-order valence-electron chi connectivity index (χ1n) is 7.93. The van der Waals surface area contributed by atoms with Crippen molar-refractivity contribution in [3.63, 3.8) is 0 Å². The molecule has 7 heteroatoms. The first kappa shape index (κ1) is 18.2. The van der Waals surface area contributed by atoms with Gasteiger partial charge < -0.3 is 13.9 Å². The maximum absolute atomic E-state index is 13.6. The molecule has 0 spiro atoms. The molecule has 0 fully saturated rings. The number of halogens is 2. The molecule has 0 aliphatic rings. The molecular formula is C19H17ClFNO4. The third-order valence-corrected chi connectivity index (χ3v) is 4.30. The summed E-state index contributed by atoms with van der Waals surface area (Å²) in [7, 11) is 2.76. The Morgan fingerprint density at radius 2 is 2.12 bits per heavy atom. The lowest BCUT2D eigenvalue weighted by atomic mass is 9.97. The van der Waals surface area contributed by atoms with Gasteiger partial charge in [-0.2, -0.15) is 0 Å². The van der Waals surface area contributed by atoms with Crippen LogP contribution in [0.3, 0.4) is 0 Å². The molecule has 1 aromatic heterocycles. The van der Waals surface area contributed by atoms with E-state index in [0.717, 1.165) is 5.56 Å². The average Bonchev–Trinajstić information content (AvgIpc) is 3.07. The van der Waals surface area contributed by atoms with E-state index >= 15 is 0 Å².